The molecule has 1 unspecified atom stereocenters. The fourth-order valence-corrected chi connectivity index (χ4v) is 3.40. The zero-order chi connectivity index (χ0) is 17.6. The monoisotopic (exact) mass is 377 g/mol. The van der Waals surface area contributed by atoms with Gasteiger partial charge in [-0.15, -0.1) is 0 Å². The van der Waals surface area contributed by atoms with Gasteiger partial charge in [0.1, 0.15) is 0 Å². The quantitative estimate of drug-likeness (QED) is 0.416. The Labute approximate surface area is 151 Å². The lowest BCUT2D eigenvalue weighted by Gasteiger charge is -2.14. The molecule has 0 saturated heterocycles. The van der Waals surface area contributed by atoms with Gasteiger partial charge in [-0.3, -0.25) is 5.43 Å². The minimum atomic E-state index is -0.417. The zero-order valence-corrected chi connectivity index (χ0v) is 14.2. The molecule has 25 heavy (non-hydrogen) atoms. The number of hydrogen-bond donors (Lipinski definition) is 6. The van der Waals surface area contributed by atoms with E-state index in [1.807, 2.05) is 12.1 Å². The summed E-state index contributed by atoms with van der Waals surface area (Å²) < 4.78 is 0. The lowest BCUT2D eigenvalue weighted by molar-refractivity contribution is 0.600. The Morgan fingerprint density at radius 3 is 2.48 bits per heavy atom. The molecule has 128 valence electrons. The first-order valence-corrected chi connectivity index (χ1v) is 8.08. The van der Waals surface area contributed by atoms with Gasteiger partial charge in [0.2, 0.25) is 5.96 Å². The van der Waals surface area contributed by atoms with E-state index >= 15 is 0 Å². The average Bonchev–Trinajstić information content (AvgIpc) is 3.10. The number of aliphatic imine (C=N–C) groups is 1. The van der Waals surface area contributed by atoms with Crippen LogP contribution in [0, 0.1) is 0 Å². The molecular weight excluding hydrogens is 365 g/mol. The van der Waals surface area contributed by atoms with Crippen LogP contribution in [0.5, 0.6) is 0 Å². The predicted octanol–water partition coefficient (Wildman–Crippen LogP) is 1.95. The highest BCUT2D eigenvalue weighted by Crippen LogP contribution is 2.38. The first-order chi connectivity index (χ1) is 12.0. The number of imidazole rings is 1. The molecule has 4 rings (SSSR count). The molecule has 0 spiro atoms. The van der Waals surface area contributed by atoms with E-state index < -0.39 is 6.29 Å². The minimum absolute atomic E-state index is 0.263. The molecule has 1 atom stereocenters. The Morgan fingerprint density at radius 2 is 1.80 bits per heavy atom. The van der Waals surface area contributed by atoms with E-state index in [0.717, 1.165) is 11.1 Å². The third-order valence-corrected chi connectivity index (χ3v) is 4.35. The molecule has 3 aromatic rings. The Balaban J connectivity index is 1.70. The van der Waals surface area contributed by atoms with Crippen LogP contribution >= 0.6 is 23.2 Å². The summed E-state index contributed by atoms with van der Waals surface area (Å²) in [5.74, 6) is 0.292. The van der Waals surface area contributed by atoms with Gasteiger partial charge in [-0.05, 0) is 29.8 Å². The number of benzene rings is 2. The fraction of sp³-hybridized carbons (Fsp3) is 0.0667. The number of nitrogens with two attached hydrogens (primary N) is 1. The molecule has 8 nitrogen and oxygen atoms in total. The second-order valence-corrected chi connectivity index (χ2v) is 6.30. The summed E-state index contributed by atoms with van der Waals surface area (Å²) in [5, 5.41) is 4.04. The van der Waals surface area contributed by atoms with Crippen LogP contribution in [0.1, 0.15) is 0 Å². The van der Waals surface area contributed by atoms with Crippen molar-refractivity contribution < 1.29 is 0 Å². The van der Waals surface area contributed by atoms with Crippen molar-refractivity contribution in [3.63, 3.8) is 0 Å². The highest BCUT2D eigenvalue weighted by Gasteiger charge is 2.16. The lowest BCUT2D eigenvalue weighted by Crippen LogP contribution is -2.40. The van der Waals surface area contributed by atoms with Crippen LogP contribution in [0.15, 0.2) is 40.1 Å². The van der Waals surface area contributed by atoms with Gasteiger partial charge in [-0.25, -0.2) is 9.79 Å². The van der Waals surface area contributed by atoms with Gasteiger partial charge in [0, 0.05) is 11.3 Å². The number of H-pyrrole nitrogens is 2. The molecular formula is C15H13Cl2N7O. The molecule has 2 heterocycles. The van der Waals surface area contributed by atoms with Crippen molar-refractivity contribution in [3.05, 3.63) is 50.9 Å². The molecule has 1 aliphatic heterocycles. The normalized spacial score (nSPS) is 16.7. The van der Waals surface area contributed by atoms with E-state index in [9.17, 15) is 4.79 Å². The fourth-order valence-electron chi connectivity index (χ4n) is 2.69. The van der Waals surface area contributed by atoms with E-state index in [1.165, 1.54) is 0 Å². The average molecular weight is 378 g/mol. The number of halogens is 2. The maximum absolute atomic E-state index is 11.4. The molecule has 0 bridgehead atoms. The third-order valence-electron chi connectivity index (χ3n) is 3.76. The van der Waals surface area contributed by atoms with E-state index in [1.54, 1.807) is 18.2 Å². The van der Waals surface area contributed by atoms with Gasteiger partial charge in [-0.1, -0.05) is 29.3 Å². The summed E-state index contributed by atoms with van der Waals surface area (Å²) in [4.78, 5) is 20.9. The number of rotatable bonds is 3. The van der Waals surface area contributed by atoms with Crippen molar-refractivity contribution in [2.24, 2.45) is 10.7 Å². The standard InChI is InChI=1S/C15H13Cl2N7O/c16-8-4-7(19-14-22-13(18)23-24-14)5-9(17)12(8)6-1-2-10-11(3-6)21-15(25)20-10/h1-5,14,19,24H,(H3,18,22,23)(H2,20,21,25). The molecule has 7 N–H and O–H groups in total. The van der Waals surface area contributed by atoms with Crippen molar-refractivity contribution in [1.29, 1.82) is 0 Å². The molecule has 0 radical (unpaired) electrons. The summed E-state index contributed by atoms with van der Waals surface area (Å²) >= 11 is 12.9. The summed E-state index contributed by atoms with van der Waals surface area (Å²) in [6, 6.07) is 8.96. The second kappa shape index (κ2) is 5.99. The van der Waals surface area contributed by atoms with Crippen LogP contribution in [0.2, 0.25) is 10.0 Å². The number of aromatic amines is 2. The molecule has 0 aliphatic carbocycles. The Hall–Kier alpha value is -2.68. The smallest absolute Gasteiger partial charge is 0.323 e. The lowest BCUT2D eigenvalue weighted by atomic mass is 10.0. The van der Waals surface area contributed by atoms with Crippen molar-refractivity contribution in [2.45, 2.75) is 6.29 Å². The van der Waals surface area contributed by atoms with Gasteiger partial charge >= 0.3 is 5.69 Å². The topological polar surface area (TPSA) is 123 Å². The van der Waals surface area contributed by atoms with Crippen molar-refractivity contribution in [2.75, 3.05) is 5.32 Å². The van der Waals surface area contributed by atoms with E-state index in [2.05, 4.69) is 31.1 Å². The number of aromatic nitrogens is 2. The molecule has 0 amide bonds. The van der Waals surface area contributed by atoms with Crippen LogP contribution < -0.4 is 27.6 Å². The number of anilines is 1. The van der Waals surface area contributed by atoms with E-state index in [-0.39, 0.29) is 5.69 Å². The summed E-state index contributed by atoms with van der Waals surface area (Å²) in [7, 11) is 0. The van der Waals surface area contributed by atoms with Gasteiger partial charge in [0.15, 0.2) is 6.29 Å². The molecule has 0 fully saturated rings. The molecule has 1 aromatic heterocycles. The van der Waals surface area contributed by atoms with Gasteiger partial charge < -0.3 is 21.0 Å². The number of nitrogens with zero attached hydrogens (tertiary/aromatic N) is 1. The molecule has 1 aliphatic rings. The third kappa shape index (κ3) is 3.02. The largest absolute Gasteiger partial charge is 0.369 e. The van der Waals surface area contributed by atoms with Crippen molar-refractivity contribution in [1.82, 2.24) is 20.8 Å². The van der Waals surface area contributed by atoms with Crippen LogP contribution in [-0.2, 0) is 0 Å². The molecule has 2 aromatic carbocycles. The van der Waals surface area contributed by atoms with E-state index in [0.29, 0.717) is 32.8 Å². The van der Waals surface area contributed by atoms with Crippen LogP contribution in [0.25, 0.3) is 22.2 Å². The number of fused-ring (bicyclic) bond motifs is 1. The second-order valence-electron chi connectivity index (χ2n) is 5.48. The summed E-state index contributed by atoms with van der Waals surface area (Å²) in [6.07, 6.45) is -0.417. The van der Waals surface area contributed by atoms with Gasteiger partial charge in [0.05, 0.1) is 21.1 Å². The molecule has 0 saturated carbocycles. The summed E-state index contributed by atoms with van der Waals surface area (Å²) in [6.45, 7) is 0. The Kier molecular flexibility index (Phi) is 3.79. The summed E-state index contributed by atoms with van der Waals surface area (Å²) in [5.41, 5.74) is 14.4. The maximum Gasteiger partial charge on any atom is 0.323 e. The van der Waals surface area contributed by atoms with Crippen LogP contribution in [0.4, 0.5) is 5.69 Å². The first-order valence-electron chi connectivity index (χ1n) is 7.32. The van der Waals surface area contributed by atoms with Gasteiger partial charge in [-0.2, -0.15) is 5.43 Å². The minimum Gasteiger partial charge on any atom is -0.369 e. The number of hydrazine groups is 1. The van der Waals surface area contributed by atoms with E-state index in [4.69, 9.17) is 28.9 Å². The first kappa shape index (κ1) is 15.8. The van der Waals surface area contributed by atoms with Crippen molar-refractivity contribution >= 4 is 45.9 Å². The number of hydrogen-bond acceptors (Lipinski definition) is 6. The maximum atomic E-state index is 11.4. The van der Waals surface area contributed by atoms with Crippen LogP contribution in [-0.4, -0.2) is 22.2 Å². The van der Waals surface area contributed by atoms with Crippen molar-refractivity contribution in [3.8, 4) is 11.1 Å². The number of nitrogens with one attached hydrogen (secondary N) is 5. The zero-order valence-electron chi connectivity index (χ0n) is 12.7. The SMILES string of the molecule is NC1=NC(Nc2cc(Cl)c(-c3ccc4[nH]c(=O)[nH]c4c3)c(Cl)c2)NN1. The highest BCUT2D eigenvalue weighted by atomic mass is 35.5. The van der Waals surface area contributed by atoms with Gasteiger partial charge in [0.25, 0.3) is 0 Å². The molecule has 10 heteroatoms. The Morgan fingerprint density at radius 1 is 1.08 bits per heavy atom. The Bertz CT molecular complexity index is 1030. The predicted molar refractivity (Wildman–Crippen MR) is 99.7 cm³/mol. The number of guanidine groups is 1. The highest BCUT2D eigenvalue weighted by molar-refractivity contribution is 6.39. The van der Waals surface area contributed by atoms with Crippen LogP contribution in [0.3, 0.4) is 0 Å².